The summed E-state index contributed by atoms with van der Waals surface area (Å²) in [6, 6.07) is 6.40. The minimum absolute atomic E-state index is 0.129. The van der Waals surface area contributed by atoms with Gasteiger partial charge < -0.3 is 14.3 Å². The zero-order valence-corrected chi connectivity index (χ0v) is 12.5. The van der Waals surface area contributed by atoms with Crippen LogP contribution in [0.3, 0.4) is 0 Å². The molecule has 3 rings (SSSR count). The summed E-state index contributed by atoms with van der Waals surface area (Å²) in [7, 11) is 4.61. The van der Waals surface area contributed by atoms with Gasteiger partial charge in [0.05, 0.1) is 0 Å². The number of nitrogens with zero attached hydrogens (tertiary/aromatic N) is 5. The summed E-state index contributed by atoms with van der Waals surface area (Å²) in [6.45, 7) is 0. The van der Waals surface area contributed by atoms with Crippen molar-refractivity contribution in [1.29, 1.82) is 0 Å². The van der Waals surface area contributed by atoms with E-state index in [1.807, 2.05) is 0 Å². The van der Waals surface area contributed by atoms with Crippen LogP contribution in [0.5, 0.6) is 0 Å². The van der Waals surface area contributed by atoms with Crippen molar-refractivity contribution in [3.8, 4) is 11.6 Å². The van der Waals surface area contributed by atoms with Crippen molar-refractivity contribution in [1.82, 2.24) is 24.5 Å². The molecule has 0 saturated carbocycles. The van der Waals surface area contributed by atoms with E-state index in [9.17, 15) is 4.79 Å². The predicted molar refractivity (Wildman–Crippen MR) is 66.1 cm³/mol. The van der Waals surface area contributed by atoms with E-state index in [1.165, 1.54) is 21.5 Å². The molecule has 19 heavy (non-hydrogen) atoms. The monoisotopic (exact) mass is 456 g/mol. The number of hydrogen-bond donors (Lipinski definition) is 0. The molecule has 0 fully saturated rings. The number of hydrogen-bond acceptors (Lipinski definition) is 3. The first kappa shape index (κ1) is 13.8. The Labute approximate surface area is 123 Å². The molecule has 0 aliphatic heterocycles. The van der Waals surface area contributed by atoms with Crippen LogP contribution in [0.2, 0.25) is 0 Å². The maximum absolute atomic E-state index is 11.6. The van der Waals surface area contributed by atoms with E-state index in [0.717, 1.165) is 0 Å². The van der Waals surface area contributed by atoms with Gasteiger partial charge >= 0.3 is 28.2 Å². The van der Waals surface area contributed by atoms with Crippen LogP contribution < -0.4 is 10.4 Å². The molecule has 3 aromatic rings. The fourth-order valence-corrected chi connectivity index (χ4v) is 1.52. The van der Waals surface area contributed by atoms with Gasteiger partial charge in [0.1, 0.15) is 0 Å². The van der Waals surface area contributed by atoms with E-state index in [1.54, 1.807) is 55.7 Å². The fourth-order valence-electron chi connectivity index (χ4n) is 1.52. The summed E-state index contributed by atoms with van der Waals surface area (Å²) < 4.78 is 3.07. The molecule has 0 saturated heterocycles. The van der Waals surface area contributed by atoms with Crippen LogP contribution in [0, 0.1) is 0 Å². The van der Waals surface area contributed by atoms with E-state index in [-0.39, 0.29) is 5.43 Å². The van der Waals surface area contributed by atoms with E-state index in [2.05, 4.69) is 24.6 Å². The Hall–Kier alpha value is -1.65. The third-order valence-corrected chi connectivity index (χ3v) is 2.25. The molecule has 3 heterocycles. The molecule has 0 bridgehead atoms. The van der Waals surface area contributed by atoms with Crippen molar-refractivity contribution in [3.05, 3.63) is 59.3 Å². The Morgan fingerprint density at radius 1 is 1.00 bits per heavy atom. The maximum atomic E-state index is 11.6. The second-order valence-corrected chi connectivity index (χ2v) is 3.42. The average molecular weight is 457 g/mol. The van der Waals surface area contributed by atoms with E-state index in [4.69, 9.17) is 0 Å². The molecule has 0 aromatic carbocycles. The molecular weight excluding hydrogens is 449 g/mol. The Kier molecular flexibility index (Phi) is 4.71. The quantitative estimate of drug-likeness (QED) is 0.578. The van der Waals surface area contributed by atoms with Gasteiger partial charge in [-0.1, -0.05) is 0 Å². The number of aromatic nitrogens is 5. The first-order valence-electron chi connectivity index (χ1n) is 5.14. The third-order valence-electron chi connectivity index (χ3n) is 2.25. The van der Waals surface area contributed by atoms with Crippen LogP contribution in [-0.2, 0) is 18.8 Å². The average Bonchev–Trinajstić information content (AvgIpc) is 3.14. The van der Waals surface area contributed by atoms with Gasteiger partial charge in [-0.3, -0.25) is 4.79 Å². The van der Waals surface area contributed by atoms with Crippen molar-refractivity contribution in [2.45, 2.75) is 0 Å². The Morgan fingerprint density at radius 2 is 1.47 bits per heavy atom. The summed E-state index contributed by atoms with van der Waals surface area (Å²) in [5, 5.41) is 8.07. The van der Waals surface area contributed by atoms with Crippen LogP contribution in [0.1, 0.15) is 0 Å². The molecular formula is C11H8ClN5OPt. The summed E-state index contributed by atoms with van der Waals surface area (Å²) in [6.07, 6.45) is 6.72. The molecule has 0 radical (unpaired) electrons. The normalized spacial score (nSPS) is 9.84. The molecule has 100 valence electrons. The number of rotatable bonds is 2. The minimum atomic E-state index is -0.129. The van der Waals surface area contributed by atoms with E-state index >= 15 is 0 Å². The molecule has 0 amide bonds. The van der Waals surface area contributed by atoms with Gasteiger partial charge in [-0.05, 0) is 36.7 Å². The number of pyridine rings is 1. The van der Waals surface area contributed by atoms with Crippen molar-refractivity contribution in [3.63, 3.8) is 0 Å². The van der Waals surface area contributed by atoms with Crippen LogP contribution in [0.4, 0.5) is 0 Å². The van der Waals surface area contributed by atoms with Gasteiger partial charge in [-0.15, -0.1) is 0 Å². The first-order chi connectivity index (χ1) is 9.33. The first-order valence-corrected chi connectivity index (χ1v) is 7.95. The summed E-state index contributed by atoms with van der Waals surface area (Å²) >= 11 is 1.61. The summed E-state index contributed by atoms with van der Waals surface area (Å²) in [4.78, 5) is 15.9. The molecule has 0 spiro atoms. The van der Waals surface area contributed by atoms with Crippen LogP contribution >= 0.6 is 9.42 Å². The molecule has 0 unspecified atom stereocenters. The van der Waals surface area contributed by atoms with Crippen LogP contribution in [0.15, 0.2) is 53.8 Å². The topological polar surface area (TPSA) is 66.8 Å². The van der Waals surface area contributed by atoms with E-state index in [0.29, 0.717) is 11.6 Å². The van der Waals surface area contributed by atoms with Crippen LogP contribution in [0.25, 0.3) is 11.6 Å². The van der Waals surface area contributed by atoms with Crippen molar-refractivity contribution in [2.24, 2.45) is 0 Å². The van der Waals surface area contributed by atoms with Crippen molar-refractivity contribution < 1.29 is 18.8 Å². The Morgan fingerprint density at radius 3 is 1.84 bits per heavy atom. The van der Waals surface area contributed by atoms with Gasteiger partial charge in [0.2, 0.25) is 0 Å². The second-order valence-electron chi connectivity index (χ2n) is 3.42. The number of halogens is 1. The Balaban J connectivity index is 0.000000637. The standard InChI is InChI=1S/C11H9N5O.ClH.Pt/c17-9-7-10(15-5-1-3-12-15)14-11(8-9)16-6-2-4-13-16;;/h1-8H,(H,14,17);1H;/q;;+2/p-2. The molecule has 0 N–H and O–H groups in total. The second kappa shape index (κ2) is 6.50. The molecule has 0 atom stereocenters. The molecule has 6 nitrogen and oxygen atoms in total. The fraction of sp³-hybridized carbons (Fsp3) is 0. The van der Waals surface area contributed by atoms with Crippen molar-refractivity contribution >= 4 is 9.42 Å². The summed E-state index contributed by atoms with van der Waals surface area (Å²) in [5.74, 6) is 0.959. The van der Waals surface area contributed by atoms with Gasteiger partial charge in [0.15, 0.2) is 5.43 Å². The van der Waals surface area contributed by atoms with Gasteiger partial charge in [0, 0.05) is 24.0 Å². The van der Waals surface area contributed by atoms with Gasteiger partial charge in [-0.25, -0.2) is 10.2 Å². The molecule has 3 aromatic heterocycles. The van der Waals surface area contributed by atoms with Gasteiger partial charge in [-0.2, -0.15) is 0 Å². The molecule has 0 aliphatic rings. The SMILES string of the molecule is O=c1cc(-n2cccn2)[n-]c(-n2cccn2)c1.[Cl][Pt+]. The van der Waals surface area contributed by atoms with E-state index < -0.39 is 0 Å². The zero-order chi connectivity index (χ0) is 13.7. The Bertz CT molecular complexity index is 622. The van der Waals surface area contributed by atoms with Crippen molar-refractivity contribution in [2.75, 3.05) is 0 Å². The molecule has 8 heteroatoms. The van der Waals surface area contributed by atoms with Crippen LogP contribution in [-0.4, -0.2) is 19.6 Å². The summed E-state index contributed by atoms with van der Waals surface area (Å²) in [5.41, 5.74) is -0.129. The van der Waals surface area contributed by atoms with Gasteiger partial charge in [0.25, 0.3) is 0 Å². The third kappa shape index (κ3) is 3.22. The zero-order valence-electron chi connectivity index (χ0n) is 9.46. The predicted octanol–water partition coefficient (Wildman–Crippen LogP) is 1.06. The molecule has 0 aliphatic carbocycles.